The van der Waals surface area contributed by atoms with Crippen LogP contribution in [0.5, 0.6) is 11.5 Å². The number of ketones is 2. The summed E-state index contributed by atoms with van der Waals surface area (Å²) >= 11 is 0. The second kappa shape index (κ2) is 15.6. The molecule has 11 nitrogen and oxygen atoms in total. The van der Waals surface area contributed by atoms with Crippen LogP contribution in [0.3, 0.4) is 0 Å². The topological polar surface area (TPSA) is 165 Å². The molecule has 0 unspecified atom stereocenters. The molecule has 0 saturated heterocycles. The van der Waals surface area contributed by atoms with Gasteiger partial charge >= 0.3 is 29.6 Å². The third kappa shape index (κ3) is 8.60. The Labute approximate surface area is 261 Å². The van der Waals surface area contributed by atoms with Crippen LogP contribution in [0.2, 0.25) is 0 Å². The van der Waals surface area contributed by atoms with Crippen LogP contribution in [-0.2, 0) is 19.7 Å². The zero-order valence-corrected chi connectivity index (χ0v) is 25.6. The number of carbonyl (C=O) groups is 4. The minimum Gasteiger partial charge on any atom is -1.00 e. The van der Waals surface area contributed by atoms with E-state index in [0.717, 1.165) is 18.2 Å². The number of unbranched alkanes of at least 4 members (excludes halogenated alkanes) is 2. The number of nitrogens with one attached hydrogen (secondary N) is 2. The van der Waals surface area contributed by atoms with Gasteiger partial charge in [0.25, 0.3) is 10.1 Å². The number of amides is 2. The van der Waals surface area contributed by atoms with Gasteiger partial charge in [-0.05, 0) is 43.9 Å². The van der Waals surface area contributed by atoms with E-state index in [2.05, 4.69) is 23.8 Å². The Hall–Kier alpha value is -3.29. The maximum atomic E-state index is 13.5. The predicted octanol–water partition coefficient (Wildman–Crippen LogP) is -0.252. The van der Waals surface area contributed by atoms with Crippen molar-refractivity contribution in [2.24, 2.45) is 0 Å². The summed E-state index contributed by atoms with van der Waals surface area (Å²) in [5, 5.41) is 5.23. The molecule has 214 valence electrons. The Morgan fingerprint density at radius 3 is 1.80 bits per heavy atom. The number of fused-ring (bicyclic) bond motifs is 2. The molecule has 2 aromatic carbocycles. The number of hydrogen-bond donors (Lipinski definition) is 3. The van der Waals surface area contributed by atoms with Gasteiger partial charge in [-0.25, -0.2) is 0 Å². The molecule has 1 aliphatic carbocycles. The van der Waals surface area contributed by atoms with Crippen LogP contribution in [0.15, 0.2) is 60.5 Å². The summed E-state index contributed by atoms with van der Waals surface area (Å²) in [4.78, 5) is 48.8. The SMILES string of the molecule is C=CC(=O)NCCCCOc1c(S(=O)(=O)O)cc2c(c1OCCCCNC(=O)C=C)C(=O)c1ccccc1C2=O.[H-].[Na+]. The zero-order valence-electron chi connectivity index (χ0n) is 23.7. The van der Waals surface area contributed by atoms with E-state index in [1.807, 2.05) is 0 Å². The fraction of sp³-hybridized carbons (Fsp3) is 0.286. The van der Waals surface area contributed by atoms with Gasteiger partial charge in [-0.3, -0.25) is 23.7 Å². The second-order valence-corrected chi connectivity index (χ2v) is 10.1. The van der Waals surface area contributed by atoms with Gasteiger partial charge in [0.1, 0.15) is 4.90 Å². The van der Waals surface area contributed by atoms with Crippen molar-refractivity contribution in [2.75, 3.05) is 26.3 Å². The molecule has 0 saturated carbocycles. The van der Waals surface area contributed by atoms with Crippen LogP contribution in [0, 0.1) is 0 Å². The van der Waals surface area contributed by atoms with E-state index >= 15 is 0 Å². The second-order valence-electron chi connectivity index (χ2n) is 8.74. The standard InChI is InChI=1S/C28H30N2O9S.Na.H/c1-3-22(31)29-13-7-9-15-38-27-21(40(35,36)37)17-20-24(26(34)19-12-6-5-11-18(19)25(20)33)28(27)39-16-10-8-14-30-23(32)4-2;;/h3-6,11-12,17H,1-2,7-10,13-16H2,(H,29,31)(H,30,32)(H,35,36,37);;/q;+1;-1. The molecular formula is C28H31N2NaO9S. The molecule has 2 amide bonds. The van der Waals surface area contributed by atoms with Crippen molar-refractivity contribution in [1.82, 2.24) is 10.6 Å². The maximum absolute atomic E-state index is 13.5. The van der Waals surface area contributed by atoms with Gasteiger partial charge in [-0.15, -0.1) is 0 Å². The molecule has 0 heterocycles. The van der Waals surface area contributed by atoms with E-state index in [9.17, 15) is 32.1 Å². The Morgan fingerprint density at radius 1 is 0.829 bits per heavy atom. The van der Waals surface area contributed by atoms with Crippen LogP contribution in [-0.4, -0.2) is 62.7 Å². The van der Waals surface area contributed by atoms with Crippen molar-refractivity contribution >= 4 is 33.5 Å². The van der Waals surface area contributed by atoms with Crippen LogP contribution in [0.1, 0.15) is 59.0 Å². The molecule has 3 rings (SSSR count). The predicted molar refractivity (Wildman–Crippen MR) is 147 cm³/mol. The van der Waals surface area contributed by atoms with Crippen molar-refractivity contribution < 1.29 is 72.6 Å². The van der Waals surface area contributed by atoms with Crippen molar-refractivity contribution in [1.29, 1.82) is 0 Å². The Kier molecular flexibility index (Phi) is 12.9. The van der Waals surface area contributed by atoms with E-state index in [-0.39, 0.29) is 84.0 Å². The largest absolute Gasteiger partial charge is 1.00 e. The average Bonchev–Trinajstić information content (AvgIpc) is 2.94. The number of rotatable bonds is 15. The number of hydrogen-bond acceptors (Lipinski definition) is 8. The van der Waals surface area contributed by atoms with Gasteiger partial charge in [-0.1, -0.05) is 37.4 Å². The van der Waals surface area contributed by atoms with Gasteiger partial charge in [0, 0.05) is 29.8 Å². The average molecular weight is 595 g/mol. The molecule has 0 radical (unpaired) electrons. The third-order valence-corrected chi connectivity index (χ3v) is 6.83. The molecule has 0 fully saturated rings. The van der Waals surface area contributed by atoms with Crippen LogP contribution in [0.25, 0.3) is 0 Å². The first-order chi connectivity index (χ1) is 19.1. The fourth-order valence-corrected chi connectivity index (χ4v) is 4.67. The van der Waals surface area contributed by atoms with Crippen molar-refractivity contribution in [3.63, 3.8) is 0 Å². The van der Waals surface area contributed by atoms with Gasteiger partial charge < -0.3 is 21.5 Å². The van der Waals surface area contributed by atoms with Crippen LogP contribution in [0.4, 0.5) is 0 Å². The first-order valence-electron chi connectivity index (χ1n) is 12.5. The van der Waals surface area contributed by atoms with Crippen LogP contribution < -0.4 is 49.7 Å². The molecular weight excluding hydrogens is 563 g/mol. The molecule has 3 N–H and O–H groups in total. The van der Waals surface area contributed by atoms with Gasteiger partial charge in [0.2, 0.25) is 11.8 Å². The summed E-state index contributed by atoms with van der Waals surface area (Å²) in [5.74, 6) is -2.50. The Morgan fingerprint density at radius 2 is 1.32 bits per heavy atom. The molecule has 1 aliphatic rings. The van der Waals surface area contributed by atoms with Gasteiger partial charge in [-0.2, -0.15) is 8.42 Å². The van der Waals surface area contributed by atoms with Crippen molar-refractivity contribution in [2.45, 2.75) is 30.6 Å². The third-order valence-electron chi connectivity index (χ3n) is 5.97. The fourth-order valence-electron chi connectivity index (χ4n) is 4.02. The van der Waals surface area contributed by atoms with E-state index in [4.69, 9.17) is 9.47 Å². The van der Waals surface area contributed by atoms with Crippen molar-refractivity contribution in [3.8, 4) is 11.5 Å². The molecule has 0 spiro atoms. The zero-order chi connectivity index (χ0) is 29.3. The minimum atomic E-state index is -4.91. The normalized spacial score (nSPS) is 11.8. The first-order valence-corrected chi connectivity index (χ1v) is 14.0. The van der Waals surface area contributed by atoms with E-state index in [1.165, 1.54) is 12.1 Å². The summed E-state index contributed by atoms with van der Waals surface area (Å²) in [6.07, 6.45) is 4.00. The van der Waals surface area contributed by atoms with Gasteiger partial charge in [0.05, 0.1) is 18.8 Å². The Bertz CT molecular complexity index is 1460. The monoisotopic (exact) mass is 594 g/mol. The number of ether oxygens (including phenoxy) is 2. The molecule has 0 bridgehead atoms. The smallest absolute Gasteiger partial charge is 1.00 e. The summed E-state index contributed by atoms with van der Waals surface area (Å²) in [6.45, 7) is 7.32. The molecule has 2 aromatic rings. The Balaban J connectivity index is 0.00000441. The summed E-state index contributed by atoms with van der Waals surface area (Å²) < 4.78 is 46.5. The summed E-state index contributed by atoms with van der Waals surface area (Å²) in [7, 11) is -4.91. The summed E-state index contributed by atoms with van der Waals surface area (Å²) in [5.41, 5.74) is -0.172. The van der Waals surface area contributed by atoms with E-state index in [0.29, 0.717) is 38.8 Å². The number of carbonyl (C=O) groups excluding carboxylic acids is 4. The quantitative estimate of drug-likeness (QED) is 0.0931. The minimum absolute atomic E-state index is 0. The molecule has 0 aromatic heterocycles. The van der Waals surface area contributed by atoms with E-state index < -0.39 is 32.3 Å². The maximum Gasteiger partial charge on any atom is 1.00 e. The number of benzene rings is 2. The first kappa shape index (κ1) is 33.9. The molecule has 41 heavy (non-hydrogen) atoms. The molecule has 0 atom stereocenters. The van der Waals surface area contributed by atoms with Crippen molar-refractivity contribution in [3.05, 3.63) is 77.9 Å². The molecule has 13 heteroatoms. The van der Waals surface area contributed by atoms with Gasteiger partial charge in [0.15, 0.2) is 23.1 Å². The van der Waals surface area contributed by atoms with E-state index in [1.54, 1.807) is 12.1 Å². The van der Waals surface area contributed by atoms with Crippen LogP contribution >= 0.6 is 0 Å². The summed E-state index contributed by atoms with van der Waals surface area (Å²) in [6, 6.07) is 7.05. The molecule has 0 aliphatic heterocycles.